The van der Waals surface area contributed by atoms with Crippen LogP contribution in [0, 0.1) is 11.8 Å². The van der Waals surface area contributed by atoms with E-state index in [0.717, 1.165) is 25.0 Å². The van der Waals surface area contributed by atoms with Crippen LogP contribution in [-0.2, 0) is 9.47 Å². The summed E-state index contributed by atoms with van der Waals surface area (Å²) >= 11 is 0. The van der Waals surface area contributed by atoms with Crippen LogP contribution in [0.1, 0.15) is 25.7 Å². The number of rotatable bonds is 7. The topological polar surface area (TPSA) is 30.5 Å². The van der Waals surface area contributed by atoms with Crippen molar-refractivity contribution in [2.75, 3.05) is 27.0 Å². The molecule has 0 amide bonds. The van der Waals surface area contributed by atoms with Gasteiger partial charge in [0, 0.05) is 0 Å². The van der Waals surface area contributed by atoms with Crippen LogP contribution in [0.2, 0.25) is 0 Å². The molecule has 82 valence electrons. The largest absolute Gasteiger partial charge is 0.355 e. The van der Waals surface area contributed by atoms with E-state index in [-0.39, 0.29) is 0 Å². The second kappa shape index (κ2) is 5.10. The summed E-state index contributed by atoms with van der Waals surface area (Å²) in [5.74, 6) is 1.67. The highest BCUT2D eigenvalue weighted by Crippen LogP contribution is 2.30. The van der Waals surface area contributed by atoms with E-state index in [1.165, 1.54) is 25.7 Å². The molecule has 0 spiro atoms. The molecule has 3 heteroatoms. The molecule has 2 rings (SSSR count). The molecule has 0 atom stereocenters. The third-order valence-electron chi connectivity index (χ3n) is 3.12. The van der Waals surface area contributed by atoms with Crippen LogP contribution < -0.4 is 5.32 Å². The zero-order valence-corrected chi connectivity index (χ0v) is 9.00. The van der Waals surface area contributed by atoms with Gasteiger partial charge in [0.15, 0.2) is 0 Å². The highest BCUT2D eigenvalue weighted by Gasteiger charge is 2.29. The molecule has 2 fully saturated rings. The molecule has 1 N–H and O–H groups in total. The van der Waals surface area contributed by atoms with E-state index < -0.39 is 0 Å². The Labute approximate surface area is 86.2 Å². The quantitative estimate of drug-likeness (QED) is 0.496. The zero-order chi connectivity index (χ0) is 9.80. The van der Waals surface area contributed by atoms with E-state index in [2.05, 4.69) is 5.32 Å². The lowest BCUT2D eigenvalue weighted by Crippen LogP contribution is -2.37. The molecule has 2 aliphatic rings. The lowest BCUT2D eigenvalue weighted by molar-refractivity contribution is -0.127. The van der Waals surface area contributed by atoms with Gasteiger partial charge in [-0.2, -0.15) is 0 Å². The summed E-state index contributed by atoms with van der Waals surface area (Å²) in [5.41, 5.74) is 0. The molecule has 14 heavy (non-hydrogen) atoms. The third kappa shape index (κ3) is 3.23. The van der Waals surface area contributed by atoms with E-state index in [1.54, 1.807) is 0 Å². The summed E-state index contributed by atoms with van der Waals surface area (Å²) in [4.78, 5) is 0. The molecule has 0 unspecified atom stereocenters. The monoisotopic (exact) mass is 199 g/mol. The molecule has 0 aliphatic heterocycles. The Morgan fingerprint density at radius 1 is 1.21 bits per heavy atom. The van der Waals surface area contributed by atoms with Crippen LogP contribution in [0.15, 0.2) is 0 Å². The van der Waals surface area contributed by atoms with Crippen molar-refractivity contribution < 1.29 is 9.47 Å². The molecule has 0 aromatic heterocycles. The minimum absolute atomic E-state index is 0.465. The second-order valence-electron chi connectivity index (χ2n) is 4.62. The molecule has 3 nitrogen and oxygen atoms in total. The van der Waals surface area contributed by atoms with Crippen LogP contribution in [0.4, 0.5) is 0 Å². The summed E-state index contributed by atoms with van der Waals surface area (Å²) < 4.78 is 11.0. The van der Waals surface area contributed by atoms with Gasteiger partial charge >= 0.3 is 0 Å². The van der Waals surface area contributed by atoms with E-state index in [1.807, 2.05) is 7.05 Å². The van der Waals surface area contributed by atoms with Gasteiger partial charge in [-0.3, -0.25) is 0 Å². The van der Waals surface area contributed by atoms with Crippen LogP contribution in [-0.4, -0.2) is 33.1 Å². The van der Waals surface area contributed by atoms with Crippen LogP contribution in [0.3, 0.4) is 0 Å². The van der Waals surface area contributed by atoms with Gasteiger partial charge in [-0.15, -0.1) is 0 Å². The van der Waals surface area contributed by atoms with E-state index in [0.29, 0.717) is 12.9 Å². The van der Waals surface area contributed by atoms with Gasteiger partial charge in [-0.25, -0.2) is 0 Å². The summed E-state index contributed by atoms with van der Waals surface area (Å²) in [6.45, 7) is 2.54. The van der Waals surface area contributed by atoms with E-state index >= 15 is 0 Å². The predicted octanol–water partition coefficient (Wildman–Crippen LogP) is 1.39. The molecule has 0 aromatic carbocycles. The molecule has 2 saturated carbocycles. The van der Waals surface area contributed by atoms with Gasteiger partial charge in [-0.05, 0) is 51.1 Å². The summed E-state index contributed by atoms with van der Waals surface area (Å²) in [6, 6.07) is 0. The maximum Gasteiger partial charge on any atom is 0.147 e. The Kier molecular flexibility index (Phi) is 3.79. The van der Waals surface area contributed by atoms with Crippen molar-refractivity contribution in [3.05, 3.63) is 0 Å². The number of nitrogens with one attached hydrogen (secondary N) is 1. The number of ether oxygens (including phenoxy) is 2. The minimum atomic E-state index is 0.465. The highest BCUT2D eigenvalue weighted by atomic mass is 16.7. The minimum Gasteiger partial charge on any atom is -0.355 e. The van der Waals surface area contributed by atoms with Gasteiger partial charge in [-0.1, -0.05) is 0 Å². The van der Waals surface area contributed by atoms with Gasteiger partial charge in [0.05, 0.1) is 12.7 Å². The first-order valence-corrected chi connectivity index (χ1v) is 5.72. The van der Waals surface area contributed by atoms with Crippen LogP contribution in [0.25, 0.3) is 0 Å². The molecule has 0 aromatic rings. The first-order valence-electron chi connectivity index (χ1n) is 5.72. The lowest BCUT2D eigenvalue weighted by Gasteiger charge is -2.34. The Morgan fingerprint density at radius 2 is 2.00 bits per heavy atom. The maximum atomic E-state index is 5.58. The summed E-state index contributed by atoms with van der Waals surface area (Å²) in [7, 11) is 2.01. The Morgan fingerprint density at radius 3 is 2.64 bits per heavy atom. The molecule has 0 heterocycles. The highest BCUT2D eigenvalue weighted by molar-refractivity contribution is 4.81. The van der Waals surface area contributed by atoms with Crippen molar-refractivity contribution in [1.29, 1.82) is 0 Å². The number of hydrogen-bond donors (Lipinski definition) is 1. The Bertz CT molecular complexity index is 165. The van der Waals surface area contributed by atoms with Gasteiger partial charge < -0.3 is 14.8 Å². The van der Waals surface area contributed by atoms with Crippen molar-refractivity contribution in [3.63, 3.8) is 0 Å². The molecule has 0 bridgehead atoms. The molecule has 0 saturated heterocycles. The average molecular weight is 199 g/mol. The van der Waals surface area contributed by atoms with Crippen molar-refractivity contribution in [1.82, 2.24) is 5.32 Å². The number of hydrogen-bond acceptors (Lipinski definition) is 3. The fraction of sp³-hybridized carbons (Fsp3) is 1.00. The van der Waals surface area contributed by atoms with Crippen molar-refractivity contribution in [2.45, 2.75) is 31.8 Å². The fourth-order valence-electron chi connectivity index (χ4n) is 1.91. The lowest BCUT2D eigenvalue weighted by atomic mass is 9.82. The Balaban J connectivity index is 1.39. The Hall–Kier alpha value is -0.120. The predicted molar refractivity (Wildman–Crippen MR) is 55.1 cm³/mol. The van der Waals surface area contributed by atoms with Crippen LogP contribution >= 0.6 is 0 Å². The standard InChI is InChI=1S/C11H21NO2/c1-12-6-10-4-11(5-10)14-8-13-7-9-2-3-9/h9-12H,2-8H2,1H3. The zero-order valence-electron chi connectivity index (χ0n) is 9.00. The molecular formula is C11H21NO2. The van der Waals surface area contributed by atoms with Crippen LogP contribution in [0.5, 0.6) is 0 Å². The molecule has 0 radical (unpaired) electrons. The normalized spacial score (nSPS) is 31.5. The van der Waals surface area contributed by atoms with Crippen molar-refractivity contribution >= 4 is 0 Å². The van der Waals surface area contributed by atoms with Crippen molar-refractivity contribution in [3.8, 4) is 0 Å². The second-order valence-corrected chi connectivity index (χ2v) is 4.62. The maximum absolute atomic E-state index is 5.58. The van der Waals surface area contributed by atoms with Gasteiger partial charge in [0.1, 0.15) is 6.79 Å². The first-order chi connectivity index (χ1) is 6.88. The average Bonchev–Trinajstić information content (AvgIpc) is 2.90. The fourth-order valence-corrected chi connectivity index (χ4v) is 1.91. The van der Waals surface area contributed by atoms with E-state index in [4.69, 9.17) is 9.47 Å². The van der Waals surface area contributed by atoms with Gasteiger partial charge in [0.25, 0.3) is 0 Å². The first kappa shape index (κ1) is 10.4. The van der Waals surface area contributed by atoms with E-state index in [9.17, 15) is 0 Å². The summed E-state index contributed by atoms with van der Waals surface area (Å²) in [5, 5.41) is 3.19. The third-order valence-corrected chi connectivity index (χ3v) is 3.12. The van der Waals surface area contributed by atoms with Crippen molar-refractivity contribution in [2.24, 2.45) is 11.8 Å². The smallest absolute Gasteiger partial charge is 0.147 e. The molecule has 2 aliphatic carbocycles. The molecular weight excluding hydrogens is 178 g/mol. The summed E-state index contributed by atoms with van der Waals surface area (Å²) in [6.07, 6.45) is 5.58. The van der Waals surface area contributed by atoms with Gasteiger partial charge in [0.2, 0.25) is 0 Å². The SMILES string of the molecule is CNCC1CC(OCOCC2CC2)C1.